The molecule has 0 bridgehead atoms. The smallest absolute Gasteiger partial charge is 0.270 e. The van der Waals surface area contributed by atoms with Crippen molar-refractivity contribution >= 4 is 5.91 Å². The molecule has 1 aliphatic heterocycles. The second-order valence-corrected chi connectivity index (χ2v) is 1.95. The van der Waals surface area contributed by atoms with Gasteiger partial charge in [0.2, 0.25) is 5.91 Å². The quantitative estimate of drug-likeness (QED) is 0.500. The summed E-state index contributed by atoms with van der Waals surface area (Å²) in [5.41, 5.74) is 0. The molecule has 0 aromatic rings. The van der Waals surface area contributed by atoms with Gasteiger partial charge >= 0.3 is 0 Å². The number of alkyl halides is 2. The Morgan fingerprint density at radius 2 is 2.40 bits per heavy atom. The number of nitrogens with zero attached hydrogens (tertiary/aromatic N) is 1. The van der Waals surface area contributed by atoms with Gasteiger partial charge in [0.05, 0.1) is 0 Å². The van der Waals surface area contributed by atoms with Gasteiger partial charge in [-0.05, 0) is 7.05 Å². The van der Waals surface area contributed by atoms with Crippen molar-refractivity contribution in [1.29, 1.82) is 0 Å². The Balaban J connectivity index is 2.57. The van der Waals surface area contributed by atoms with Crippen LogP contribution in [0.3, 0.4) is 0 Å². The molecule has 1 amide bonds. The van der Waals surface area contributed by atoms with Gasteiger partial charge in [0.25, 0.3) is 6.43 Å². The van der Waals surface area contributed by atoms with Crippen LogP contribution in [-0.2, 0) is 9.53 Å². The summed E-state index contributed by atoms with van der Waals surface area (Å²) in [6, 6.07) is 0. The summed E-state index contributed by atoms with van der Waals surface area (Å²) in [7, 11) is 1.37. The number of likely N-dealkylation sites (N-methyl/N-ethyl adjacent to an activating group) is 1. The van der Waals surface area contributed by atoms with E-state index < -0.39 is 18.4 Å². The maximum absolute atomic E-state index is 11.8. The van der Waals surface area contributed by atoms with E-state index in [0.717, 1.165) is 11.6 Å². The third kappa shape index (κ3) is 1.09. The minimum atomic E-state index is -2.74. The van der Waals surface area contributed by atoms with E-state index in [1.165, 1.54) is 7.05 Å². The van der Waals surface area contributed by atoms with Crippen LogP contribution in [0.1, 0.15) is 0 Å². The second-order valence-electron chi connectivity index (χ2n) is 1.95. The van der Waals surface area contributed by atoms with Gasteiger partial charge in [0.15, 0.2) is 6.10 Å². The van der Waals surface area contributed by atoms with Crippen LogP contribution in [0.25, 0.3) is 0 Å². The van der Waals surface area contributed by atoms with Gasteiger partial charge in [-0.2, -0.15) is 0 Å². The fourth-order valence-electron chi connectivity index (χ4n) is 0.635. The highest BCUT2D eigenvalue weighted by Gasteiger charge is 2.30. The maximum atomic E-state index is 11.8. The summed E-state index contributed by atoms with van der Waals surface area (Å²) in [5.74, 6) is -0.699. The van der Waals surface area contributed by atoms with Gasteiger partial charge in [-0.15, -0.1) is 6.73 Å². The Hall–Kier alpha value is -0.710. The van der Waals surface area contributed by atoms with E-state index in [9.17, 15) is 13.6 Å². The molecule has 0 radical (unpaired) electrons. The average Bonchev–Trinajstić information content (AvgIpc) is 2.14. The van der Waals surface area contributed by atoms with Gasteiger partial charge in [0.1, 0.15) is 0 Å². The molecule has 0 aromatic carbocycles. The Labute approximate surface area is 56.6 Å². The zero-order valence-electron chi connectivity index (χ0n) is 5.25. The van der Waals surface area contributed by atoms with Crippen molar-refractivity contribution in [3.8, 4) is 0 Å². The standard InChI is InChI=1S/C5H6F2NO2/c1-8-2-10-3(4(6)7)5(8)9/h2-4H,1H3/q-1. The minimum Gasteiger partial charge on any atom is -0.518 e. The van der Waals surface area contributed by atoms with E-state index in [4.69, 9.17) is 0 Å². The van der Waals surface area contributed by atoms with Gasteiger partial charge < -0.3 is 9.64 Å². The number of hydrogen-bond acceptors (Lipinski definition) is 2. The number of hydrogen-bond donors (Lipinski definition) is 0. The summed E-state index contributed by atoms with van der Waals surface area (Å²) in [6.07, 6.45) is -4.33. The lowest BCUT2D eigenvalue weighted by Crippen LogP contribution is -2.30. The zero-order valence-corrected chi connectivity index (χ0v) is 5.25. The molecule has 1 rings (SSSR count). The molecule has 0 saturated carbocycles. The number of rotatable bonds is 1. The third-order valence-electron chi connectivity index (χ3n) is 1.19. The molecule has 3 nitrogen and oxygen atoms in total. The predicted molar refractivity (Wildman–Crippen MR) is 27.9 cm³/mol. The van der Waals surface area contributed by atoms with Crippen LogP contribution in [-0.4, -0.2) is 30.4 Å². The largest absolute Gasteiger partial charge is 0.518 e. The molecule has 0 spiro atoms. The van der Waals surface area contributed by atoms with Crippen LogP contribution in [0.4, 0.5) is 8.78 Å². The molecule has 1 aliphatic rings. The molecule has 5 heteroatoms. The SMILES string of the molecule is CN1[CH-]OC(C(F)F)C1=O. The topological polar surface area (TPSA) is 29.5 Å². The number of carbonyl (C=O) groups is 1. The first-order chi connectivity index (χ1) is 4.63. The third-order valence-corrected chi connectivity index (χ3v) is 1.19. The molecule has 10 heavy (non-hydrogen) atoms. The number of carbonyl (C=O) groups excluding carboxylic acids is 1. The Kier molecular flexibility index (Phi) is 1.85. The number of ether oxygens (including phenoxy) is 1. The molecule has 1 unspecified atom stereocenters. The van der Waals surface area contributed by atoms with Crippen LogP contribution in [0, 0.1) is 6.73 Å². The van der Waals surface area contributed by atoms with Gasteiger partial charge in [-0.3, -0.25) is 4.79 Å². The predicted octanol–water partition coefficient (Wildman–Crippen LogP) is 0.228. The highest BCUT2D eigenvalue weighted by molar-refractivity contribution is 5.83. The van der Waals surface area contributed by atoms with Crippen LogP contribution in [0.15, 0.2) is 0 Å². The number of halogens is 2. The Morgan fingerprint density at radius 3 is 2.60 bits per heavy atom. The highest BCUT2D eigenvalue weighted by Crippen LogP contribution is 2.17. The molecular weight excluding hydrogens is 144 g/mol. The van der Waals surface area contributed by atoms with E-state index in [0.29, 0.717) is 0 Å². The van der Waals surface area contributed by atoms with E-state index in [-0.39, 0.29) is 0 Å². The first kappa shape index (κ1) is 7.40. The maximum Gasteiger partial charge on any atom is 0.270 e. The van der Waals surface area contributed by atoms with Crippen LogP contribution < -0.4 is 0 Å². The van der Waals surface area contributed by atoms with Gasteiger partial charge in [-0.25, -0.2) is 8.78 Å². The molecule has 58 valence electrons. The van der Waals surface area contributed by atoms with E-state index >= 15 is 0 Å². The fraction of sp³-hybridized carbons (Fsp3) is 0.600. The van der Waals surface area contributed by atoms with Crippen molar-refractivity contribution < 1.29 is 18.3 Å². The average molecular weight is 150 g/mol. The van der Waals surface area contributed by atoms with Crippen LogP contribution >= 0.6 is 0 Å². The van der Waals surface area contributed by atoms with Crippen molar-refractivity contribution in [2.75, 3.05) is 7.05 Å². The molecule has 1 atom stereocenters. The first-order valence-electron chi connectivity index (χ1n) is 2.66. The van der Waals surface area contributed by atoms with Crippen molar-refractivity contribution in [2.45, 2.75) is 12.5 Å². The van der Waals surface area contributed by atoms with Gasteiger partial charge in [0, 0.05) is 0 Å². The lowest BCUT2D eigenvalue weighted by atomic mass is 10.3. The van der Waals surface area contributed by atoms with E-state index in [2.05, 4.69) is 4.74 Å². The van der Waals surface area contributed by atoms with Gasteiger partial charge in [-0.1, -0.05) is 0 Å². The molecule has 1 heterocycles. The van der Waals surface area contributed by atoms with Crippen molar-refractivity contribution in [1.82, 2.24) is 4.90 Å². The number of amides is 1. The minimum absolute atomic E-state index is 0.699. The zero-order chi connectivity index (χ0) is 7.72. The lowest BCUT2D eigenvalue weighted by molar-refractivity contribution is -0.134. The molecule has 0 N–H and O–H groups in total. The molecule has 0 aromatic heterocycles. The summed E-state index contributed by atoms with van der Waals surface area (Å²) in [5, 5.41) is 0. The van der Waals surface area contributed by atoms with Crippen LogP contribution in [0.5, 0.6) is 0 Å². The summed E-state index contributed by atoms with van der Waals surface area (Å²) < 4.78 is 27.9. The lowest BCUT2D eigenvalue weighted by Gasteiger charge is -2.14. The fourth-order valence-corrected chi connectivity index (χ4v) is 0.635. The molecule has 1 saturated heterocycles. The van der Waals surface area contributed by atoms with Crippen molar-refractivity contribution in [3.05, 3.63) is 6.73 Å². The Bertz CT molecular complexity index is 151. The monoisotopic (exact) mass is 150 g/mol. The van der Waals surface area contributed by atoms with E-state index in [1.54, 1.807) is 0 Å². The Morgan fingerprint density at radius 1 is 1.80 bits per heavy atom. The van der Waals surface area contributed by atoms with E-state index in [1.807, 2.05) is 0 Å². The molecule has 0 aliphatic carbocycles. The van der Waals surface area contributed by atoms with Crippen LogP contribution in [0.2, 0.25) is 0 Å². The second kappa shape index (κ2) is 2.49. The normalized spacial score (nSPS) is 26.6. The summed E-state index contributed by atoms with van der Waals surface area (Å²) in [6.45, 7) is 0.985. The molecular formula is C5H6F2NO2-. The summed E-state index contributed by atoms with van der Waals surface area (Å²) >= 11 is 0. The van der Waals surface area contributed by atoms with Crippen molar-refractivity contribution in [2.24, 2.45) is 0 Å². The first-order valence-corrected chi connectivity index (χ1v) is 2.66. The molecule has 1 fully saturated rings. The highest BCUT2D eigenvalue weighted by atomic mass is 19.3. The van der Waals surface area contributed by atoms with Crippen molar-refractivity contribution in [3.63, 3.8) is 0 Å². The summed E-state index contributed by atoms with van der Waals surface area (Å²) in [4.78, 5) is 11.6.